The van der Waals surface area contributed by atoms with Crippen LogP contribution in [0, 0.1) is 0 Å². The number of ether oxygens (including phenoxy) is 1. The van der Waals surface area contributed by atoms with Gasteiger partial charge in [0.25, 0.3) is 15.9 Å². The van der Waals surface area contributed by atoms with E-state index in [2.05, 4.69) is 4.40 Å². The lowest BCUT2D eigenvalue weighted by molar-refractivity contribution is -0.141. The molecular formula is C20H17N3O5S2. The maximum atomic E-state index is 13.4. The molecule has 2 aromatic rings. The SMILES string of the molecule is COC(=O)C1Cc2ccccc2N1C(=O)c1ccc2c(c1)SC1=NS(=O)(=O)CCN12. The second-order valence-corrected chi connectivity index (χ2v) is 9.91. The number of fused-ring (bicyclic) bond motifs is 4. The molecule has 5 rings (SSSR count). The summed E-state index contributed by atoms with van der Waals surface area (Å²) in [6.07, 6.45) is 0.400. The van der Waals surface area contributed by atoms with Crippen molar-refractivity contribution in [2.75, 3.05) is 29.2 Å². The average Bonchev–Trinajstić information content (AvgIpc) is 3.28. The van der Waals surface area contributed by atoms with Crippen LogP contribution in [0.15, 0.2) is 51.8 Å². The van der Waals surface area contributed by atoms with Crippen molar-refractivity contribution in [2.45, 2.75) is 17.4 Å². The van der Waals surface area contributed by atoms with Gasteiger partial charge in [-0.3, -0.25) is 9.69 Å². The standard InChI is InChI=1S/C20H17N3O5S2/c1-28-19(25)16-10-12-4-2-3-5-14(12)23(16)18(24)13-6-7-15-17(11-13)29-20-21-30(26,27)9-8-22(15)20/h2-7,11,16H,8-10H2,1H3. The summed E-state index contributed by atoms with van der Waals surface area (Å²) in [4.78, 5) is 29.9. The Morgan fingerprint density at radius 3 is 2.77 bits per heavy atom. The third kappa shape index (κ3) is 2.98. The molecule has 1 unspecified atom stereocenters. The van der Waals surface area contributed by atoms with Crippen molar-refractivity contribution >= 4 is 50.2 Å². The summed E-state index contributed by atoms with van der Waals surface area (Å²) >= 11 is 1.23. The molecule has 0 saturated heterocycles. The maximum Gasteiger partial charge on any atom is 0.329 e. The van der Waals surface area contributed by atoms with Gasteiger partial charge < -0.3 is 9.64 Å². The van der Waals surface area contributed by atoms with E-state index < -0.39 is 22.0 Å². The molecule has 0 fully saturated rings. The van der Waals surface area contributed by atoms with E-state index in [0.717, 1.165) is 16.1 Å². The van der Waals surface area contributed by atoms with Crippen LogP contribution in [0.3, 0.4) is 0 Å². The highest BCUT2D eigenvalue weighted by Crippen LogP contribution is 2.43. The van der Waals surface area contributed by atoms with Crippen molar-refractivity contribution in [1.82, 2.24) is 0 Å². The highest BCUT2D eigenvalue weighted by molar-refractivity contribution is 8.15. The highest BCUT2D eigenvalue weighted by Gasteiger charge is 2.40. The number of para-hydroxylation sites is 1. The summed E-state index contributed by atoms with van der Waals surface area (Å²) in [6.45, 7) is 0.332. The molecule has 3 aliphatic heterocycles. The van der Waals surface area contributed by atoms with Crippen LogP contribution in [-0.4, -0.2) is 50.9 Å². The number of amides is 1. The van der Waals surface area contributed by atoms with Crippen LogP contribution < -0.4 is 9.80 Å². The van der Waals surface area contributed by atoms with Crippen molar-refractivity contribution in [3.8, 4) is 0 Å². The number of benzene rings is 2. The molecule has 8 nitrogen and oxygen atoms in total. The minimum Gasteiger partial charge on any atom is -0.467 e. The van der Waals surface area contributed by atoms with Gasteiger partial charge in [0.2, 0.25) is 0 Å². The van der Waals surface area contributed by atoms with Crippen molar-refractivity contribution < 1.29 is 22.7 Å². The summed E-state index contributed by atoms with van der Waals surface area (Å²) in [7, 11) is -2.14. The van der Waals surface area contributed by atoms with Crippen molar-refractivity contribution in [1.29, 1.82) is 0 Å². The first kappa shape index (κ1) is 19.1. The number of thioether (sulfide) groups is 1. The molecule has 2 aromatic carbocycles. The van der Waals surface area contributed by atoms with Gasteiger partial charge in [0, 0.05) is 29.1 Å². The average molecular weight is 444 g/mol. The first-order valence-corrected chi connectivity index (χ1v) is 11.7. The molecule has 3 heterocycles. The van der Waals surface area contributed by atoms with Crippen LogP contribution in [0.4, 0.5) is 11.4 Å². The predicted octanol–water partition coefficient (Wildman–Crippen LogP) is 2.04. The molecule has 1 amide bonds. The van der Waals surface area contributed by atoms with Crippen LogP contribution in [0.5, 0.6) is 0 Å². The van der Waals surface area contributed by atoms with E-state index in [1.165, 1.54) is 23.8 Å². The molecule has 0 N–H and O–H groups in total. The van der Waals surface area contributed by atoms with Gasteiger partial charge in [-0.1, -0.05) is 18.2 Å². The monoisotopic (exact) mass is 443 g/mol. The summed E-state index contributed by atoms with van der Waals surface area (Å²) in [5.41, 5.74) is 2.85. The number of sulfonamides is 1. The fourth-order valence-corrected chi connectivity index (χ4v) is 6.26. The van der Waals surface area contributed by atoms with E-state index in [1.54, 1.807) is 18.2 Å². The van der Waals surface area contributed by atoms with Crippen LogP contribution in [-0.2, 0) is 26.0 Å². The lowest BCUT2D eigenvalue weighted by Crippen LogP contribution is -2.43. The zero-order chi connectivity index (χ0) is 21.0. The van der Waals surface area contributed by atoms with Crippen LogP contribution >= 0.6 is 11.8 Å². The summed E-state index contributed by atoms with van der Waals surface area (Å²) in [5, 5.41) is 0.403. The predicted molar refractivity (Wildman–Crippen MR) is 114 cm³/mol. The van der Waals surface area contributed by atoms with Crippen LogP contribution in [0.1, 0.15) is 15.9 Å². The number of carbonyl (C=O) groups excluding carboxylic acids is 2. The van der Waals surface area contributed by atoms with E-state index in [-0.39, 0.29) is 11.7 Å². The molecule has 3 aliphatic rings. The number of rotatable bonds is 2. The first-order valence-electron chi connectivity index (χ1n) is 9.29. The largest absolute Gasteiger partial charge is 0.467 e. The number of anilines is 2. The van der Waals surface area contributed by atoms with Gasteiger partial charge in [-0.15, -0.1) is 4.40 Å². The van der Waals surface area contributed by atoms with E-state index in [4.69, 9.17) is 4.74 Å². The van der Waals surface area contributed by atoms with E-state index in [0.29, 0.717) is 29.4 Å². The molecule has 0 aromatic heterocycles. The number of hydrogen-bond donors (Lipinski definition) is 0. The Kier molecular flexibility index (Phi) is 4.37. The lowest BCUT2D eigenvalue weighted by atomic mass is 10.1. The third-order valence-corrected chi connectivity index (χ3v) is 7.69. The van der Waals surface area contributed by atoms with Gasteiger partial charge in [0.05, 0.1) is 18.6 Å². The molecule has 10 heteroatoms. The summed E-state index contributed by atoms with van der Waals surface area (Å²) < 4.78 is 32.4. The number of amidine groups is 1. The topological polar surface area (TPSA) is 96.3 Å². The van der Waals surface area contributed by atoms with Crippen molar-refractivity contribution in [3.05, 3.63) is 53.6 Å². The van der Waals surface area contributed by atoms with E-state index in [1.807, 2.05) is 29.2 Å². The quantitative estimate of drug-likeness (QED) is 0.656. The molecule has 0 spiro atoms. The van der Waals surface area contributed by atoms with Gasteiger partial charge >= 0.3 is 5.97 Å². The van der Waals surface area contributed by atoms with Crippen molar-refractivity contribution in [2.24, 2.45) is 4.40 Å². The number of esters is 1. The summed E-state index contributed by atoms with van der Waals surface area (Å²) in [6, 6.07) is 11.9. The molecule has 30 heavy (non-hydrogen) atoms. The van der Waals surface area contributed by atoms with Gasteiger partial charge in [-0.05, 0) is 41.6 Å². The number of nitrogens with zero attached hydrogens (tertiary/aromatic N) is 3. The molecule has 0 bridgehead atoms. The number of hydrogen-bond acceptors (Lipinski definition) is 7. The Labute approximate surface area is 177 Å². The number of methoxy groups -OCH3 is 1. The van der Waals surface area contributed by atoms with Crippen LogP contribution in [0.25, 0.3) is 0 Å². The zero-order valence-corrected chi connectivity index (χ0v) is 17.6. The molecular weight excluding hydrogens is 426 g/mol. The minimum absolute atomic E-state index is 0.0391. The molecule has 1 atom stereocenters. The van der Waals surface area contributed by atoms with Gasteiger partial charge in [-0.2, -0.15) is 0 Å². The Hall–Kier alpha value is -2.85. The first-order chi connectivity index (χ1) is 14.4. The van der Waals surface area contributed by atoms with E-state index in [9.17, 15) is 18.0 Å². The molecule has 0 radical (unpaired) electrons. The number of carbonyl (C=O) groups is 2. The normalized spacial score (nSPS) is 20.8. The second-order valence-electron chi connectivity index (χ2n) is 7.14. The maximum absolute atomic E-state index is 13.4. The fourth-order valence-electron chi connectivity index (χ4n) is 3.96. The zero-order valence-electron chi connectivity index (χ0n) is 15.9. The van der Waals surface area contributed by atoms with Gasteiger partial charge in [0.15, 0.2) is 5.17 Å². The lowest BCUT2D eigenvalue weighted by Gasteiger charge is -2.24. The molecule has 0 saturated carbocycles. The second kappa shape index (κ2) is 6.85. The van der Waals surface area contributed by atoms with Crippen LogP contribution in [0.2, 0.25) is 0 Å². The van der Waals surface area contributed by atoms with Gasteiger partial charge in [-0.25, -0.2) is 13.2 Å². The fraction of sp³-hybridized carbons (Fsp3) is 0.250. The third-order valence-electron chi connectivity index (χ3n) is 5.39. The van der Waals surface area contributed by atoms with Crippen molar-refractivity contribution in [3.63, 3.8) is 0 Å². The van der Waals surface area contributed by atoms with E-state index >= 15 is 0 Å². The Morgan fingerprint density at radius 1 is 1.17 bits per heavy atom. The van der Waals surface area contributed by atoms with Gasteiger partial charge in [0.1, 0.15) is 6.04 Å². The Bertz CT molecular complexity index is 1220. The summed E-state index contributed by atoms with van der Waals surface area (Å²) in [5.74, 6) is -0.812. The Morgan fingerprint density at radius 2 is 1.97 bits per heavy atom. The Balaban J connectivity index is 1.51. The smallest absolute Gasteiger partial charge is 0.329 e. The minimum atomic E-state index is -3.45. The molecule has 154 valence electrons. The molecule has 0 aliphatic carbocycles. The highest BCUT2D eigenvalue weighted by atomic mass is 32.2.